The molecule has 0 saturated carbocycles. The Balaban J connectivity index is 2.36. The van der Waals surface area contributed by atoms with E-state index in [1.165, 1.54) is 21.7 Å². The second-order valence-corrected chi connectivity index (χ2v) is 6.05. The molecule has 0 spiro atoms. The number of thiophene rings is 1. The molecule has 4 heteroatoms. The van der Waals surface area contributed by atoms with Gasteiger partial charge in [-0.05, 0) is 43.3 Å². The lowest BCUT2D eigenvalue weighted by molar-refractivity contribution is 0.596. The molecule has 104 valence electrons. The van der Waals surface area contributed by atoms with Gasteiger partial charge in [-0.2, -0.15) is 5.10 Å². The van der Waals surface area contributed by atoms with Crippen LogP contribution in [0.3, 0.4) is 0 Å². The van der Waals surface area contributed by atoms with Gasteiger partial charge in [0.05, 0.1) is 11.7 Å². The smallest absolute Gasteiger partial charge is 0.0673 e. The third-order valence-corrected chi connectivity index (χ3v) is 4.15. The minimum atomic E-state index is 0.272. The van der Waals surface area contributed by atoms with Crippen molar-refractivity contribution in [3.8, 4) is 0 Å². The molecule has 1 unspecified atom stereocenters. The minimum Gasteiger partial charge on any atom is -0.306 e. The monoisotopic (exact) mass is 277 g/mol. The molecule has 0 saturated heterocycles. The van der Waals surface area contributed by atoms with E-state index >= 15 is 0 Å². The first kappa shape index (κ1) is 14.3. The number of hydrogen-bond donors (Lipinski definition) is 1. The highest BCUT2D eigenvalue weighted by atomic mass is 32.1. The van der Waals surface area contributed by atoms with Gasteiger partial charge < -0.3 is 5.32 Å². The van der Waals surface area contributed by atoms with E-state index in [4.69, 9.17) is 0 Å². The Hall–Kier alpha value is -1.13. The lowest BCUT2D eigenvalue weighted by atomic mass is 10.0. The Morgan fingerprint density at radius 3 is 2.79 bits per heavy atom. The second kappa shape index (κ2) is 6.35. The van der Waals surface area contributed by atoms with Crippen LogP contribution in [-0.2, 0) is 13.5 Å². The van der Waals surface area contributed by atoms with Gasteiger partial charge in [0.15, 0.2) is 0 Å². The fraction of sp³-hybridized carbons (Fsp3) is 0.533. The van der Waals surface area contributed by atoms with E-state index < -0.39 is 0 Å². The van der Waals surface area contributed by atoms with Gasteiger partial charge in [-0.25, -0.2) is 0 Å². The quantitative estimate of drug-likeness (QED) is 0.876. The van der Waals surface area contributed by atoms with E-state index in [0.29, 0.717) is 0 Å². The topological polar surface area (TPSA) is 29.9 Å². The van der Waals surface area contributed by atoms with Gasteiger partial charge >= 0.3 is 0 Å². The van der Waals surface area contributed by atoms with Gasteiger partial charge in [0, 0.05) is 23.7 Å². The van der Waals surface area contributed by atoms with Crippen LogP contribution in [0.15, 0.2) is 17.6 Å². The summed E-state index contributed by atoms with van der Waals surface area (Å²) in [7, 11) is 2.00. The summed E-state index contributed by atoms with van der Waals surface area (Å²) in [6, 6.07) is 2.55. The zero-order chi connectivity index (χ0) is 13.8. The lowest BCUT2D eigenvalue weighted by Crippen LogP contribution is -2.23. The van der Waals surface area contributed by atoms with Gasteiger partial charge in [0.2, 0.25) is 0 Å². The third-order valence-electron chi connectivity index (χ3n) is 3.27. The number of aryl methyl sites for hydroxylation is 3. The summed E-state index contributed by atoms with van der Waals surface area (Å²) in [5.74, 6) is 0. The molecular weight excluding hydrogens is 254 g/mol. The van der Waals surface area contributed by atoms with Crippen LogP contribution in [0.25, 0.3) is 0 Å². The van der Waals surface area contributed by atoms with Gasteiger partial charge in [-0.15, -0.1) is 11.3 Å². The molecule has 0 aliphatic heterocycles. The Labute approximate surface area is 119 Å². The zero-order valence-corrected chi connectivity index (χ0v) is 13.0. The van der Waals surface area contributed by atoms with E-state index in [0.717, 1.165) is 19.4 Å². The highest BCUT2D eigenvalue weighted by molar-refractivity contribution is 7.10. The Bertz CT molecular complexity index is 527. The Morgan fingerprint density at radius 1 is 1.42 bits per heavy atom. The van der Waals surface area contributed by atoms with Crippen LogP contribution < -0.4 is 5.32 Å². The molecule has 0 fully saturated rings. The highest BCUT2D eigenvalue weighted by Crippen LogP contribution is 2.28. The van der Waals surface area contributed by atoms with Gasteiger partial charge in [0.25, 0.3) is 0 Å². The normalized spacial score (nSPS) is 12.8. The lowest BCUT2D eigenvalue weighted by Gasteiger charge is -2.17. The van der Waals surface area contributed by atoms with Crippen molar-refractivity contribution in [3.05, 3.63) is 39.3 Å². The van der Waals surface area contributed by atoms with Crippen molar-refractivity contribution >= 4 is 11.3 Å². The Kier molecular flexibility index (Phi) is 4.77. The van der Waals surface area contributed by atoms with Crippen LogP contribution in [0.1, 0.15) is 48.0 Å². The van der Waals surface area contributed by atoms with Crippen LogP contribution >= 0.6 is 11.3 Å². The molecule has 2 aromatic heterocycles. The molecule has 19 heavy (non-hydrogen) atoms. The third kappa shape index (κ3) is 3.25. The van der Waals surface area contributed by atoms with Crippen LogP contribution in [0.5, 0.6) is 0 Å². The van der Waals surface area contributed by atoms with Crippen LogP contribution in [-0.4, -0.2) is 16.3 Å². The van der Waals surface area contributed by atoms with Crippen molar-refractivity contribution in [2.75, 3.05) is 6.54 Å². The summed E-state index contributed by atoms with van der Waals surface area (Å²) < 4.78 is 1.92. The minimum absolute atomic E-state index is 0.272. The van der Waals surface area contributed by atoms with Crippen LogP contribution in [0.2, 0.25) is 0 Å². The number of hydrogen-bond acceptors (Lipinski definition) is 3. The summed E-state index contributed by atoms with van der Waals surface area (Å²) in [6.07, 6.45) is 4.27. The molecular formula is C15H23N3S. The molecule has 1 N–H and O–H groups in total. The summed E-state index contributed by atoms with van der Waals surface area (Å²) in [5, 5.41) is 10.5. The summed E-state index contributed by atoms with van der Waals surface area (Å²) in [4.78, 5) is 1.36. The summed E-state index contributed by atoms with van der Waals surface area (Å²) in [5.41, 5.74) is 3.87. The standard InChI is InChI=1S/C15H23N3S/c1-5-7-16-15(12-8-11(3)19-10-12)13-9-18(4)17-14(13)6-2/h8-10,15-16H,5-7H2,1-4H3. The van der Waals surface area contributed by atoms with Crippen molar-refractivity contribution in [2.24, 2.45) is 7.05 Å². The fourth-order valence-corrected chi connectivity index (χ4v) is 3.11. The van der Waals surface area contributed by atoms with Gasteiger partial charge in [0.1, 0.15) is 0 Å². The second-order valence-electron chi connectivity index (χ2n) is 4.94. The average Bonchev–Trinajstić information content (AvgIpc) is 2.97. The van der Waals surface area contributed by atoms with E-state index in [-0.39, 0.29) is 6.04 Å². The molecule has 0 aliphatic carbocycles. The van der Waals surface area contributed by atoms with Crippen LogP contribution in [0.4, 0.5) is 0 Å². The molecule has 3 nitrogen and oxygen atoms in total. The van der Waals surface area contributed by atoms with Crippen molar-refractivity contribution in [1.82, 2.24) is 15.1 Å². The number of aromatic nitrogens is 2. The zero-order valence-electron chi connectivity index (χ0n) is 12.2. The van der Waals surface area contributed by atoms with Crippen LogP contribution in [0, 0.1) is 6.92 Å². The van der Waals surface area contributed by atoms with Crippen molar-refractivity contribution in [3.63, 3.8) is 0 Å². The molecule has 0 aromatic carbocycles. The largest absolute Gasteiger partial charge is 0.306 e. The van der Waals surface area contributed by atoms with Gasteiger partial charge in [-0.3, -0.25) is 4.68 Å². The molecule has 0 bridgehead atoms. The maximum Gasteiger partial charge on any atom is 0.0673 e. The molecule has 1 atom stereocenters. The van der Waals surface area contributed by atoms with Crippen molar-refractivity contribution < 1.29 is 0 Å². The van der Waals surface area contributed by atoms with E-state index in [9.17, 15) is 0 Å². The number of nitrogens with zero attached hydrogens (tertiary/aromatic N) is 2. The first-order valence-corrected chi connectivity index (χ1v) is 7.84. The molecule has 2 rings (SSSR count). The maximum atomic E-state index is 4.57. The molecule has 0 amide bonds. The highest BCUT2D eigenvalue weighted by Gasteiger charge is 2.19. The first-order chi connectivity index (χ1) is 9.15. The first-order valence-electron chi connectivity index (χ1n) is 6.96. The maximum absolute atomic E-state index is 4.57. The molecule has 0 aliphatic rings. The predicted octanol–water partition coefficient (Wildman–Crippen LogP) is 3.44. The fourth-order valence-electron chi connectivity index (χ4n) is 2.38. The number of rotatable bonds is 6. The van der Waals surface area contributed by atoms with E-state index in [2.05, 4.69) is 48.8 Å². The van der Waals surface area contributed by atoms with Crippen molar-refractivity contribution in [2.45, 2.75) is 39.7 Å². The Morgan fingerprint density at radius 2 is 2.21 bits per heavy atom. The average molecular weight is 277 g/mol. The number of nitrogens with one attached hydrogen (secondary N) is 1. The molecule has 0 radical (unpaired) electrons. The SMILES string of the molecule is CCCNC(c1csc(C)c1)c1cn(C)nc1CC. The van der Waals surface area contributed by atoms with E-state index in [1.807, 2.05) is 23.1 Å². The van der Waals surface area contributed by atoms with Crippen molar-refractivity contribution in [1.29, 1.82) is 0 Å². The predicted molar refractivity (Wildman–Crippen MR) is 81.8 cm³/mol. The molecule has 2 heterocycles. The molecule has 2 aromatic rings. The van der Waals surface area contributed by atoms with E-state index in [1.54, 1.807) is 0 Å². The van der Waals surface area contributed by atoms with Gasteiger partial charge in [-0.1, -0.05) is 13.8 Å². The summed E-state index contributed by atoms with van der Waals surface area (Å²) >= 11 is 1.81. The summed E-state index contributed by atoms with van der Waals surface area (Å²) in [6.45, 7) is 7.56.